The van der Waals surface area contributed by atoms with Crippen LogP contribution in [0.15, 0.2) is 16.6 Å². The Labute approximate surface area is 133 Å². The van der Waals surface area contributed by atoms with Crippen LogP contribution in [0.4, 0.5) is 10.1 Å². The Bertz CT molecular complexity index is 670. The van der Waals surface area contributed by atoms with Crippen LogP contribution in [-0.4, -0.2) is 11.5 Å². The third-order valence-electron chi connectivity index (χ3n) is 4.11. The molecular weight excluding hydrogens is 331 g/mol. The maximum absolute atomic E-state index is 13.8. The van der Waals surface area contributed by atoms with Crippen molar-refractivity contribution in [3.8, 4) is 0 Å². The van der Waals surface area contributed by atoms with Crippen LogP contribution in [0.2, 0.25) is 0 Å². The van der Waals surface area contributed by atoms with Crippen molar-refractivity contribution in [3.05, 3.63) is 33.7 Å². The average molecular weight is 351 g/mol. The second-order valence-corrected chi connectivity index (χ2v) is 6.54. The van der Waals surface area contributed by atoms with Gasteiger partial charge in [0.1, 0.15) is 5.82 Å². The van der Waals surface area contributed by atoms with E-state index in [0.717, 1.165) is 42.4 Å². The number of aromatic nitrogens is 1. The lowest BCUT2D eigenvalue weighted by Crippen LogP contribution is -2.08. The molecule has 0 saturated heterocycles. The Morgan fingerprint density at radius 2 is 2.05 bits per heavy atom. The lowest BCUT2D eigenvalue weighted by molar-refractivity contribution is 0.622. The van der Waals surface area contributed by atoms with Crippen LogP contribution in [0.25, 0.3) is 10.9 Å². The fraction of sp³-hybridized carbons (Fsp3) is 0.471. The van der Waals surface area contributed by atoms with Gasteiger partial charge in [0.25, 0.3) is 0 Å². The highest BCUT2D eigenvalue weighted by Crippen LogP contribution is 2.35. The Hall–Kier alpha value is -1.16. The van der Waals surface area contributed by atoms with Crippen molar-refractivity contribution in [1.82, 2.24) is 4.98 Å². The van der Waals surface area contributed by atoms with Gasteiger partial charge in [0, 0.05) is 29.4 Å². The molecule has 21 heavy (non-hydrogen) atoms. The largest absolute Gasteiger partial charge is 0.384 e. The van der Waals surface area contributed by atoms with Crippen molar-refractivity contribution in [3.63, 3.8) is 0 Å². The highest BCUT2D eigenvalue weighted by atomic mass is 79.9. The standard InChI is InChI=1S/C17H20BrFN2/c1-2-8-20-17-11-6-4-3-5-7-15(11)21-16-10-14(19)13(18)9-12(16)17/h9-10H,2-8H2,1H3,(H,20,21). The smallest absolute Gasteiger partial charge is 0.139 e. The summed E-state index contributed by atoms with van der Waals surface area (Å²) >= 11 is 3.30. The molecule has 3 rings (SSSR count). The predicted molar refractivity (Wildman–Crippen MR) is 89.4 cm³/mol. The molecule has 1 aliphatic rings. The summed E-state index contributed by atoms with van der Waals surface area (Å²) in [5, 5.41) is 4.58. The molecule has 0 bridgehead atoms. The van der Waals surface area contributed by atoms with Gasteiger partial charge in [0.2, 0.25) is 0 Å². The second kappa shape index (κ2) is 6.30. The molecule has 0 saturated carbocycles. The molecule has 1 aliphatic carbocycles. The maximum atomic E-state index is 13.8. The number of nitrogens with zero attached hydrogens (tertiary/aromatic N) is 1. The molecule has 0 spiro atoms. The van der Waals surface area contributed by atoms with Gasteiger partial charge in [0.15, 0.2) is 0 Å². The normalized spacial score (nSPS) is 14.8. The SMILES string of the molecule is CCCNc1c2c(nc3cc(F)c(Br)cc13)CCCCC2. The molecule has 4 heteroatoms. The van der Waals surface area contributed by atoms with E-state index in [2.05, 4.69) is 28.2 Å². The second-order valence-electron chi connectivity index (χ2n) is 5.68. The number of hydrogen-bond donors (Lipinski definition) is 1. The molecule has 0 radical (unpaired) electrons. The summed E-state index contributed by atoms with van der Waals surface area (Å²) in [7, 11) is 0. The third-order valence-corrected chi connectivity index (χ3v) is 4.71. The molecule has 2 aromatic rings. The number of anilines is 1. The van der Waals surface area contributed by atoms with E-state index >= 15 is 0 Å². The first kappa shape index (κ1) is 14.8. The van der Waals surface area contributed by atoms with E-state index in [0.29, 0.717) is 4.47 Å². The summed E-state index contributed by atoms with van der Waals surface area (Å²) in [5.41, 5.74) is 4.42. The van der Waals surface area contributed by atoms with Crippen molar-refractivity contribution in [1.29, 1.82) is 0 Å². The molecule has 0 aliphatic heterocycles. The third kappa shape index (κ3) is 2.91. The van der Waals surface area contributed by atoms with E-state index in [4.69, 9.17) is 4.98 Å². The zero-order valence-electron chi connectivity index (χ0n) is 12.3. The van der Waals surface area contributed by atoms with Crippen LogP contribution in [0.3, 0.4) is 0 Å². The Balaban J connectivity index is 2.23. The monoisotopic (exact) mass is 350 g/mol. The van der Waals surface area contributed by atoms with Gasteiger partial charge in [-0.2, -0.15) is 0 Å². The Kier molecular flexibility index (Phi) is 4.43. The highest BCUT2D eigenvalue weighted by Gasteiger charge is 2.18. The minimum absolute atomic E-state index is 0.245. The Morgan fingerprint density at radius 1 is 1.24 bits per heavy atom. The maximum Gasteiger partial charge on any atom is 0.139 e. The summed E-state index contributed by atoms with van der Waals surface area (Å²) in [6, 6.07) is 3.41. The number of rotatable bonds is 3. The van der Waals surface area contributed by atoms with Crippen LogP contribution < -0.4 is 5.32 Å². The van der Waals surface area contributed by atoms with Crippen LogP contribution >= 0.6 is 15.9 Å². The first-order valence-electron chi connectivity index (χ1n) is 7.75. The lowest BCUT2D eigenvalue weighted by atomic mass is 10.0. The number of aryl methyl sites for hydroxylation is 1. The number of fused-ring (bicyclic) bond motifs is 2. The van der Waals surface area contributed by atoms with E-state index in [1.54, 1.807) is 6.07 Å². The average Bonchev–Trinajstić information content (AvgIpc) is 2.70. The molecule has 1 heterocycles. The predicted octanol–water partition coefficient (Wildman–Crippen LogP) is 5.23. The van der Waals surface area contributed by atoms with Crippen molar-refractivity contribution < 1.29 is 4.39 Å². The van der Waals surface area contributed by atoms with E-state index in [-0.39, 0.29) is 5.82 Å². The summed E-state index contributed by atoms with van der Waals surface area (Å²) in [6.07, 6.45) is 6.78. The molecule has 2 nitrogen and oxygen atoms in total. The number of hydrogen-bond acceptors (Lipinski definition) is 2. The lowest BCUT2D eigenvalue weighted by Gasteiger charge is -2.17. The van der Waals surface area contributed by atoms with Gasteiger partial charge in [-0.15, -0.1) is 0 Å². The van der Waals surface area contributed by atoms with Gasteiger partial charge < -0.3 is 5.32 Å². The van der Waals surface area contributed by atoms with E-state index in [9.17, 15) is 4.39 Å². The van der Waals surface area contributed by atoms with Crippen molar-refractivity contribution in [2.45, 2.75) is 45.4 Å². The molecule has 1 aromatic heterocycles. The highest BCUT2D eigenvalue weighted by molar-refractivity contribution is 9.10. The van der Waals surface area contributed by atoms with Crippen LogP contribution in [0.1, 0.15) is 43.9 Å². The molecule has 112 valence electrons. The fourth-order valence-electron chi connectivity index (χ4n) is 3.05. The summed E-state index contributed by atoms with van der Waals surface area (Å²) < 4.78 is 14.3. The van der Waals surface area contributed by atoms with E-state index in [1.807, 2.05) is 6.07 Å². The van der Waals surface area contributed by atoms with Crippen molar-refractivity contribution >= 4 is 32.5 Å². The quantitative estimate of drug-likeness (QED) is 0.766. The summed E-state index contributed by atoms with van der Waals surface area (Å²) in [5.74, 6) is -0.245. The van der Waals surface area contributed by atoms with E-state index < -0.39 is 0 Å². The first-order valence-corrected chi connectivity index (χ1v) is 8.54. The summed E-state index contributed by atoms with van der Waals surface area (Å²) in [6.45, 7) is 3.09. The first-order chi connectivity index (χ1) is 10.2. The number of pyridine rings is 1. The molecular formula is C17H20BrFN2. The van der Waals surface area contributed by atoms with Crippen molar-refractivity contribution in [2.24, 2.45) is 0 Å². The number of nitrogens with one attached hydrogen (secondary N) is 1. The summed E-state index contributed by atoms with van der Waals surface area (Å²) in [4.78, 5) is 4.75. The molecule has 0 atom stereocenters. The van der Waals surface area contributed by atoms with Gasteiger partial charge in [-0.05, 0) is 59.7 Å². The zero-order chi connectivity index (χ0) is 14.8. The topological polar surface area (TPSA) is 24.9 Å². The van der Waals surface area contributed by atoms with Gasteiger partial charge in [-0.25, -0.2) is 4.39 Å². The van der Waals surface area contributed by atoms with Crippen LogP contribution in [-0.2, 0) is 12.8 Å². The minimum atomic E-state index is -0.245. The Morgan fingerprint density at radius 3 is 2.86 bits per heavy atom. The van der Waals surface area contributed by atoms with Crippen molar-refractivity contribution in [2.75, 3.05) is 11.9 Å². The zero-order valence-corrected chi connectivity index (χ0v) is 13.9. The van der Waals surface area contributed by atoms with Gasteiger partial charge in [0.05, 0.1) is 9.99 Å². The number of benzene rings is 1. The van der Waals surface area contributed by atoms with Gasteiger partial charge in [-0.3, -0.25) is 4.98 Å². The van der Waals surface area contributed by atoms with Crippen LogP contribution in [0.5, 0.6) is 0 Å². The van der Waals surface area contributed by atoms with Gasteiger partial charge >= 0.3 is 0 Å². The van der Waals surface area contributed by atoms with Crippen LogP contribution in [0, 0.1) is 5.82 Å². The van der Waals surface area contributed by atoms with E-state index in [1.165, 1.54) is 30.5 Å². The minimum Gasteiger partial charge on any atom is -0.384 e. The molecule has 0 amide bonds. The number of halogens is 2. The molecule has 1 aromatic carbocycles. The molecule has 0 unspecified atom stereocenters. The fourth-order valence-corrected chi connectivity index (χ4v) is 3.39. The van der Waals surface area contributed by atoms with Gasteiger partial charge in [-0.1, -0.05) is 13.3 Å². The molecule has 1 N–H and O–H groups in total. The molecule has 0 fully saturated rings.